The Morgan fingerprint density at radius 1 is 1.00 bits per heavy atom. The molecular formula is C21H23N7O4S. The summed E-state index contributed by atoms with van der Waals surface area (Å²) in [7, 11) is -3.75. The van der Waals surface area contributed by atoms with Crippen molar-refractivity contribution in [3.05, 3.63) is 54.9 Å². The highest BCUT2D eigenvalue weighted by molar-refractivity contribution is 7.89. The van der Waals surface area contributed by atoms with Crippen LogP contribution in [0.25, 0.3) is 5.69 Å². The van der Waals surface area contributed by atoms with Crippen LogP contribution in [0.1, 0.15) is 19.8 Å². The van der Waals surface area contributed by atoms with Crippen LogP contribution in [0.4, 0.5) is 11.4 Å². The second-order valence-electron chi connectivity index (χ2n) is 7.70. The third-order valence-electron chi connectivity index (χ3n) is 5.32. The Morgan fingerprint density at radius 2 is 1.67 bits per heavy atom. The standard InChI is InChI=1S/C21H23N7O4S/c1-15(29)23-17-4-6-18(7-5-17)24-21(30)16-3-2-12-27(13-16)33(31,32)20-10-8-19(9-11-20)28-14-22-25-26-28/h4-11,14,16H,2-3,12-13H2,1H3,(H,23,29)(H,24,30)/t16-/m1/s1. The number of piperidine rings is 1. The zero-order chi connectivity index (χ0) is 23.4. The van der Waals surface area contributed by atoms with Crippen molar-refractivity contribution in [2.24, 2.45) is 5.92 Å². The van der Waals surface area contributed by atoms with E-state index in [1.807, 2.05) is 0 Å². The number of benzene rings is 2. The molecule has 2 N–H and O–H groups in total. The number of amides is 2. The lowest BCUT2D eigenvalue weighted by Crippen LogP contribution is -2.43. The van der Waals surface area contributed by atoms with Gasteiger partial charge < -0.3 is 10.6 Å². The highest BCUT2D eigenvalue weighted by Crippen LogP contribution is 2.25. The Hall–Kier alpha value is -3.64. The third-order valence-corrected chi connectivity index (χ3v) is 7.20. The summed E-state index contributed by atoms with van der Waals surface area (Å²) in [5.74, 6) is -0.888. The molecule has 0 unspecified atom stereocenters. The lowest BCUT2D eigenvalue weighted by atomic mass is 9.98. The van der Waals surface area contributed by atoms with E-state index in [2.05, 4.69) is 26.2 Å². The maximum atomic E-state index is 13.1. The van der Waals surface area contributed by atoms with Crippen molar-refractivity contribution >= 4 is 33.2 Å². The quantitative estimate of drug-likeness (QED) is 0.560. The zero-order valence-corrected chi connectivity index (χ0v) is 18.7. The van der Waals surface area contributed by atoms with Crippen LogP contribution in [0.5, 0.6) is 0 Å². The molecule has 0 bridgehead atoms. The monoisotopic (exact) mass is 469 g/mol. The first-order valence-corrected chi connectivity index (χ1v) is 11.8. The van der Waals surface area contributed by atoms with E-state index >= 15 is 0 Å². The number of aromatic nitrogens is 4. The molecule has 172 valence electrons. The summed E-state index contributed by atoms with van der Waals surface area (Å²) < 4.78 is 29.1. The van der Waals surface area contributed by atoms with E-state index in [1.54, 1.807) is 36.4 Å². The van der Waals surface area contributed by atoms with Crippen LogP contribution in [0.3, 0.4) is 0 Å². The average molecular weight is 470 g/mol. The molecule has 12 heteroatoms. The van der Waals surface area contributed by atoms with Gasteiger partial charge in [-0.1, -0.05) is 0 Å². The van der Waals surface area contributed by atoms with Crippen LogP contribution < -0.4 is 10.6 Å². The second kappa shape index (κ2) is 9.46. The van der Waals surface area contributed by atoms with Crippen molar-refractivity contribution in [3.8, 4) is 5.69 Å². The van der Waals surface area contributed by atoms with Crippen LogP contribution in [0.2, 0.25) is 0 Å². The minimum Gasteiger partial charge on any atom is -0.326 e. The first-order chi connectivity index (χ1) is 15.8. The van der Waals surface area contributed by atoms with Gasteiger partial charge in [0.25, 0.3) is 0 Å². The molecule has 0 radical (unpaired) electrons. The average Bonchev–Trinajstić information content (AvgIpc) is 3.35. The van der Waals surface area contributed by atoms with Crippen molar-refractivity contribution in [1.29, 1.82) is 0 Å². The fraction of sp³-hybridized carbons (Fsp3) is 0.286. The molecule has 1 saturated heterocycles. The zero-order valence-electron chi connectivity index (χ0n) is 17.9. The Balaban J connectivity index is 1.41. The molecule has 3 aromatic rings. The van der Waals surface area contributed by atoms with E-state index in [4.69, 9.17) is 0 Å². The van der Waals surface area contributed by atoms with Crippen LogP contribution in [0, 0.1) is 5.92 Å². The van der Waals surface area contributed by atoms with Crippen molar-refractivity contribution in [3.63, 3.8) is 0 Å². The summed E-state index contributed by atoms with van der Waals surface area (Å²) in [5.41, 5.74) is 1.84. The van der Waals surface area contributed by atoms with Crippen LogP contribution in [0.15, 0.2) is 59.8 Å². The Kier molecular flexibility index (Phi) is 6.47. The number of tetrazole rings is 1. The molecule has 11 nitrogen and oxygen atoms in total. The first-order valence-electron chi connectivity index (χ1n) is 10.3. The van der Waals surface area contributed by atoms with Gasteiger partial charge in [0.05, 0.1) is 16.5 Å². The minimum atomic E-state index is -3.75. The number of carbonyl (C=O) groups is 2. The number of sulfonamides is 1. The van der Waals surface area contributed by atoms with E-state index < -0.39 is 15.9 Å². The van der Waals surface area contributed by atoms with Crippen molar-refractivity contribution < 1.29 is 18.0 Å². The maximum absolute atomic E-state index is 13.1. The summed E-state index contributed by atoms with van der Waals surface area (Å²) in [5, 5.41) is 16.4. The van der Waals surface area contributed by atoms with Gasteiger partial charge in [-0.05, 0) is 71.8 Å². The number of anilines is 2. The highest BCUT2D eigenvalue weighted by atomic mass is 32.2. The Morgan fingerprint density at radius 3 is 2.27 bits per heavy atom. The van der Waals surface area contributed by atoms with Gasteiger partial charge in [-0.25, -0.2) is 13.1 Å². The number of rotatable bonds is 6. The van der Waals surface area contributed by atoms with Gasteiger partial charge in [-0.15, -0.1) is 5.10 Å². The molecule has 1 aromatic heterocycles. The molecule has 2 amide bonds. The molecule has 1 fully saturated rings. The lowest BCUT2D eigenvalue weighted by molar-refractivity contribution is -0.121. The minimum absolute atomic E-state index is 0.104. The first kappa shape index (κ1) is 22.6. The van der Waals surface area contributed by atoms with E-state index in [0.29, 0.717) is 36.4 Å². The van der Waals surface area contributed by atoms with Gasteiger partial charge in [0.2, 0.25) is 21.8 Å². The number of hydrogen-bond donors (Lipinski definition) is 2. The van der Waals surface area contributed by atoms with E-state index in [-0.39, 0.29) is 23.3 Å². The van der Waals surface area contributed by atoms with Gasteiger partial charge >= 0.3 is 0 Å². The van der Waals surface area contributed by atoms with Gasteiger partial charge in [-0.3, -0.25) is 9.59 Å². The van der Waals surface area contributed by atoms with Crippen molar-refractivity contribution in [1.82, 2.24) is 24.5 Å². The molecule has 0 aliphatic carbocycles. The smallest absolute Gasteiger partial charge is 0.243 e. The number of hydrogen-bond acceptors (Lipinski definition) is 7. The van der Waals surface area contributed by atoms with Gasteiger partial charge in [0.15, 0.2) is 0 Å². The van der Waals surface area contributed by atoms with Gasteiger partial charge in [0.1, 0.15) is 6.33 Å². The van der Waals surface area contributed by atoms with Crippen molar-refractivity contribution in [2.75, 3.05) is 23.7 Å². The second-order valence-corrected chi connectivity index (χ2v) is 9.64. The van der Waals surface area contributed by atoms with Gasteiger partial charge in [-0.2, -0.15) is 4.31 Å². The molecule has 0 saturated carbocycles. The number of carbonyl (C=O) groups excluding carboxylic acids is 2. The molecule has 1 aliphatic heterocycles. The van der Waals surface area contributed by atoms with E-state index in [1.165, 1.54) is 34.4 Å². The maximum Gasteiger partial charge on any atom is 0.243 e. The normalized spacial score (nSPS) is 16.8. The van der Waals surface area contributed by atoms with E-state index in [9.17, 15) is 18.0 Å². The Bertz CT molecular complexity index is 1230. The van der Waals surface area contributed by atoms with E-state index in [0.717, 1.165) is 0 Å². The largest absolute Gasteiger partial charge is 0.326 e. The van der Waals surface area contributed by atoms with Crippen LogP contribution in [-0.2, 0) is 19.6 Å². The van der Waals surface area contributed by atoms with Gasteiger partial charge in [0, 0.05) is 31.4 Å². The topological polar surface area (TPSA) is 139 Å². The van der Waals surface area contributed by atoms with Crippen LogP contribution in [-0.4, -0.2) is 57.8 Å². The molecular weight excluding hydrogens is 446 g/mol. The number of nitrogens with zero attached hydrogens (tertiary/aromatic N) is 5. The third kappa shape index (κ3) is 5.23. The Labute approximate surface area is 190 Å². The molecule has 0 spiro atoms. The fourth-order valence-electron chi connectivity index (χ4n) is 3.66. The predicted molar refractivity (Wildman–Crippen MR) is 120 cm³/mol. The molecule has 2 aromatic carbocycles. The summed E-state index contributed by atoms with van der Waals surface area (Å²) >= 11 is 0. The molecule has 1 aliphatic rings. The molecule has 1 atom stereocenters. The SMILES string of the molecule is CC(=O)Nc1ccc(NC(=O)[C@@H]2CCCN(S(=O)(=O)c3ccc(-n4cnnn4)cc3)C2)cc1. The summed E-state index contributed by atoms with van der Waals surface area (Å²) in [6, 6.07) is 13.0. The molecule has 33 heavy (non-hydrogen) atoms. The number of nitrogens with one attached hydrogen (secondary N) is 2. The summed E-state index contributed by atoms with van der Waals surface area (Å²) in [6.45, 7) is 1.88. The lowest BCUT2D eigenvalue weighted by Gasteiger charge is -2.31. The van der Waals surface area contributed by atoms with Crippen LogP contribution >= 0.6 is 0 Å². The fourth-order valence-corrected chi connectivity index (χ4v) is 5.18. The molecule has 2 heterocycles. The highest BCUT2D eigenvalue weighted by Gasteiger charge is 2.33. The summed E-state index contributed by atoms with van der Waals surface area (Å²) in [6.07, 6.45) is 2.60. The summed E-state index contributed by atoms with van der Waals surface area (Å²) in [4.78, 5) is 24.1. The predicted octanol–water partition coefficient (Wildman–Crippen LogP) is 1.66. The molecule has 4 rings (SSSR count). The van der Waals surface area contributed by atoms with Crippen molar-refractivity contribution in [2.45, 2.75) is 24.7 Å².